The number of rotatable bonds is 2. The smallest absolute Gasteiger partial charge is 0.254 e. The number of likely N-dealkylation sites (tertiary alicyclic amines) is 1. The first-order chi connectivity index (χ1) is 11.6. The van der Waals surface area contributed by atoms with Crippen molar-refractivity contribution >= 4 is 5.91 Å². The van der Waals surface area contributed by atoms with Crippen molar-refractivity contribution in [3.05, 3.63) is 59.9 Å². The van der Waals surface area contributed by atoms with Crippen molar-refractivity contribution in [2.24, 2.45) is 5.41 Å². The molecule has 2 bridgehead atoms. The minimum absolute atomic E-state index is 0.160. The Labute approximate surface area is 142 Å². The van der Waals surface area contributed by atoms with E-state index in [4.69, 9.17) is 0 Å². The zero-order valence-corrected chi connectivity index (χ0v) is 14.3. The maximum Gasteiger partial charge on any atom is 0.254 e. The van der Waals surface area contributed by atoms with Crippen molar-refractivity contribution in [2.45, 2.75) is 39.2 Å². The molecule has 0 spiro atoms. The van der Waals surface area contributed by atoms with Gasteiger partial charge in [-0.3, -0.25) is 4.79 Å². The monoisotopic (exact) mass is 321 g/mol. The molecule has 1 aromatic carbocycles. The molecule has 1 aliphatic carbocycles. The molecule has 2 fully saturated rings. The third kappa shape index (κ3) is 2.56. The van der Waals surface area contributed by atoms with Crippen molar-refractivity contribution in [2.75, 3.05) is 6.54 Å². The molecule has 1 aliphatic heterocycles. The fourth-order valence-electron chi connectivity index (χ4n) is 4.32. The summed E-state index contributed by atoms with van der Waals surface area (Å²) in [6.07, 6.45) is 9.17. The second-order valence-corrected chi connectivity index (χ2v) is 7.43. The summed E-state index contributed by atoms with van der Waals surface area (Å²) in [5, 5.41) is 4.22. The Balaban J connectivity index is 1.56. The summed E-state index contributed by atoms with van der Waals surface area (Å²) in [6.45, 7) is 5.30. The number of hydrogen-bond donors (Lipinski definition) is 0. The van der Waals surface area contributed by atoms with Gasteiger partial charge in [0, 0.05) is 30.5 Å². The van der Waals surface area contributed by atoms with Crippen molar-refractivity contribution in [3.8, 4) is 5.69 Å². The van der Waals surface area contributed by atoms with Gasteiger partial charge in [-0.1, -0.05) is 18.6 Å². The van der Waals surface area contributed by atoms with Crippen LogP contribution in [0.2, 0.25) is 0 Å². The highest BCUT2D eigenvalue weighted by Gasteiger charge is 2.46. The predicted octanol–water partition coefficient (Wildman–Crippen LogP) is 3.83. The molecule has 24 heavy (non-hydrogen) atoms. The Morgan fingerprint density at radius 3 is 2.79 bits per heavy atom. The number of benzene rings is 1. The van der Waals surface area contributed by atoms with Gasteiger partial charge >= 0.3 is 0 Å². The van der Waals surface area contributed by atoms with Crippen molar-refractivity contribution < 1.29 is 4.79 Å². The van der Waals surface area contributed by atoms with E-state index in [1.54, 1.807) is 10.9 Å². The molecule has 1 aromatic heterocycles. The molecule has 4 heteroatoms. The standard InChI is InChI=1S/C20H23N3O/c1-3-15-11-18-13-20(2,12-15)14-22(18)19(24)16-5-7-17(8-6-16)23-10-4-9-21-23/h3-10,18H,11-14H2,1-2H3/b15-3-. The normalized spacial score (nSPS) is 27.7. The molecule has 1 saturated carbocycles. The van der Waals surface area contributed by atoms with Crippen LogP contribution in [0.5, 0.6) is 0 Å². The lowest BCUT2D eigenvalue weighted by Gasteiger charge is -2.29. The fourth-order valence-corrected chi connectivity index (χ4v) is 4.32. The van der Waals surface area contributed by atoms with Gasteiger partial charge in [0.2, 0.25) is 0 Å². The molecule has 2 heterocycles. The van der Waals surface area contributed by atoms with E-state index in [0.717, 1.165) is 37.1 Å². The van der Waals surface area contributed by atoms with Gasteiger partial charge in [0.05, 0.1) is 5.69 Å². The highest BCUT2D eigenvalue weighted by molar-refractivity contribution is 5.95. The molecule has 4 rings (SSSR count). The first kappa shape index (κ1) is 15.2. The number of hydrogen-bond acceptors (Lipinski definition) is 2. The minimum atomic E-state index is 0.160. The molecule has 2 unspecified atom stereocenters. The van der Waals surface area contributed by atoms with Gasteiger partial charge in [-0.25, -0.2) is 4.68 Å². The van der Waals surface area contributed by atoms with Gasteiger partial charge < -0.3 is 4.90 Å². The predicted molar refractivity (Wildman–Crippen MR) is 94.1 cm³/mol. The second-order valence-electron chi connectivity index (χ2n) is 7.43. The Morgan fingerprint density at radius 2 is 2.12 bits per heavy atom. The molecule has 2 aliphatic rings. The maximum absolute atomic E-state index is 13.0. The molecule has 0 radical (unpaired) electrons. The Kier molecular flexibility index (Phi) is 3.56. The lowest BCUT2D eigenvalue weighted by molar-refractivity contribution is 0.0732. The number of carbonyl (C=O) groups excluding carboxylic acids is 1. The summed E-state index contributed by atoms with van der Waals surface area (Å²) in [6, 6.07) is 10.0. The molecular weight excluding hydrogens is 298 g/mol. The van der Waals surface area contributed by atoms with Gasteiger partial charge in [0.15, 0.2) is 0 Å². The Morgan fingerprint density at radius 1 is 1.33 bits per heavy atom. The van der Waals surface area contributed by atoms with Crippen molar-refractivity contribution in [3.63, 3.8) is 0 Å². The molecule has 4 nitrogen and oxygen atoms in total. The van der Waals surface area contributed by atoms with Crippen molar-refractivity contribution in [1.82, 2.24) is 14.7 Å². The summed E-state index contributed by atoms with van der Waals surface area (Å²) < 4.78 is 1.80. The highest BCUT2D eigenvalue weighted by Crippen LogP contribution is 2.47. The SMILES string of the molecule is C/C=C1/CC2CC(C)(C1)CN2C(=O)c1ccc(-n2cccn2)cc1. The lowest BCUT2D eigenvalue weighted by atomic mass is 9.75. The first-order valence-corrected chi connectivity index (χ1v) is 8.63. The largest absolute Gasteiger partial charge is 0.335 e. The van der Waals surface area contributed by atoms with E-state index in [1.807, 2.05) is 36.5 Å². The summed E-state index contributed by atoms with van der Waals surface area (Å²) in [5.41, 5.74) is 3.48. The lowest BCUT2D eigenvalue weighted by Crippen LogP contribution is -2.35. The minimum Gasteiger partial charge on any atom is -0.335 e. The van der Waals surface area contributed by atoms with Gasteiger partial charge in [0.1, 0.15) is 0 Å². The van der Waals surface area contributed by atoms with Crippen LogP contribution in [0.1, 0.15) is 43.5 Å². The zero-order chi connectivity index (χ0) is 16.7. The van der Waals surface area contributed by atoms with E-state index in [2.05, 4.69) is 29.9 Å². The summed E-state index contributed by atoms with van der Waals surface area (Å²) in [5.74, 6) is 0.160. The number of fused-ring (bicyclic) bond motifs is 2. The van der Waals surface area contributed by atoms with Gasteiger partial charge in [0.25, 0.3) is 5.91 Å². The van der Waals surface area contributed by atoms with E-state index in [1.165, 1.54) is 5.57 Å². The van der Waals surface area contributed by atoms with Crippen molar-refractivity contribution in [1.29, 1.82) is 0 Å². The van der Waals surface area contributed by atoms with Gasteiger partial charge in [-0.2, -0.15) is 5.10 Å². The highest BCUT2D eigenvalue weighted by atomic mass is 16.2. The zero-order valence-electron chi connectivity index (χ0n) is 14.3. The maximum atomic E-state index is 13.0. The number of allylic oxidation sites excluding steroid dienone is 1. The van der Waals surface area contributed by atoms with Crippen LogP contribution in [0.15, 0.2) is 54.4 Å². The van der Waals surface area contributed by atoms with E-state index in [9.17, 15) is 4.79 Å². The van der Waals surface area contributed by atoms with Crippen LogP contribution in [-0.4, -0.2) is 33.2 Å². The van der Waals surface area contributed by atoms with E-state index in [-0.39, 0.29) is 11.3 Å². The summed E-state index contributed by atoms with van der Waals surface area (Å²) in [4.78, 5) is 15.1. The Bertz CT molecular complexity index is 776. The molecule has 1 amide bonds. The van der Waals surface area contributed by atoms with E-state index >= 15 is 0 Å². The van der Waals surface area contributed by atoms with Gasteiger partial charge in [-0.15, -0.1) is 0 Å². The third-order valence-electron chi connectivity index (χ3n) is 5.43. The molecule has 0 N–H and O–H groups in total. The van der Waals surface area contributed by atoms with Crippen LogP contribution >= 0.6 is 0 Å². The van der Waals surface area contributed by atoms with Crippen LogP contribution in [0.3, 0.4) is 0 Å². The summed E-state index contributed by atoms with van der Waals surface area (Å²) in [7, 11) is 0. The number of amides is 1. The van der Waals surface area contributed by atoms with Gasteiger partial charge in [-0.05, 0) is 61.9 Å². The van der Waals surface area contributed by atoms with E-state index in [0.29, 0.717) is 6.04 Å². The topological polar surface area (TPSA) is 38.1 Å². The number of aromatic nitrogens is 2. The van der Waals surface area contributed by atoms with E-state index < -0.39 is 0 Å². The van der Waals surface area contributed by atoms with Crippen LogP contribution in [0, 0.1) is 5.41 Å². The average Bonchev–Trinajstić information content (AvgIpc) is 3.20. The van der Waals surface area contributed by atoms with Crippen LogP contribution in [0.4, 0.5) is 0 Å². The molecule has 124 valence electrons. The van der Waals surface area contributed by atoms with Crippen LogP contribution < -0.4 is 0 Å². The third-order valence-corrected chi connectivity index (χ3v) is 5.43. The number of nitrogens with zero attached hydrogens (tertiary/aromatic N) is 3. The fraction of sp³-hybridized carbons (Fsp3) is 0.400. The Hall–Kier alpha value is -2.36. The van der Waals surface area contributed by atoms with Crippen LogP contribution in [-0.2, 0) is 0 Å². The quantitative estimate of drug-likeness (QED) is 0.788. The first-order valence-electron chi connectivity index (χ1n) is 8.63. The number of carbonyl (C=O) groups is 1. The second kappa shape index (κ2) is 5.62. The molecule has 2 atom stereocenters. The molecule has 1 saturated heterocycles. The molecule has 2 aromatic rings. The summed E-state index contributed by atoms with van der Waals surface area (Å²) >= 11 is 0. The molecular formula is C20H23N3O. The average molecular weight is 321 g/mol. The van der Waals surface area contributed by atoms with Crippen LogP contribution in [0.25, 0.3) is 5.69 Å².